The Morgan fingerprint density at radius 2 is 2.12 bits per heavy atom. The fraction of sp³-hybridized carbons (Fsp3) is 0.571. The van der Waals surface area contributed by atoms with Crippen molar-refractivity contribution in [3.63, 3.8) is 0 Å². The van der Waals surface area contributed by atoms with Crippen LogP contribution in [0.5, 0.6) is 11.5 Å². The molecule has 0 aromatic heterocycles. The second kappa shape index (κ2) is 5.92. The van der Waals surface area contributed by atoms with E-state index in [1.165, 1.54) is 5.56 Å². The van der Waals surface area contributed by atoms with Crippen LogP contribution in [0, 0.1) is 5.92 Å². The molecular formula is C14H21NO2. The summed E-state index contributed by atoms with van der Waals surface area (Å²) in [5, 5.41) is 3.27. The van der Waals surface area contributed by atoms with Gasteiger partial charge in [0.2, 0.25) is 0 Å². The van der Waals surface area contributed by atoms with Crippen LogP contribution in [0.2, 0.25) is 0 Å². The first-order valence-corrected chi connectivity index (χ1v) is 6.34. The quantitative estimate of drug-likeness (QED) is 0.820. The monoisotopic (exact) mass is 235 g/mol. The van der Waals surface area contributed by atoms with E-state index in [-0.39, 0.29) is 0 Å². The second-order valence-electron chi connectivity index (χ2n) is 4.50. The van der Waals surface area contributed by atoms with Crippen LogP contribution < -0.4 is 14.8 Å². The van der Waals surface area contributed by atoms with Gasteiger partial charge in [0.05, 0.1) is 13.7 Å². The number of rotatable bonds is 6. The number of hydrogen-bond donors (Lipinski definition) is 1. The number of methoxy groups -OCH3 is 1. The Labute approximate surface area is 103 Å². The first kappa shape index (κ1) is 12.2. The van der Waals surface area contributed by atoms with E-state index in [1.54, 1.807) is 7.11 Å². The van der Waals surface area contributed by atoms with Gasteiger partial charge in [0.25, 0.3) is 0 Å². The maximum absolute atomic E-state index is 5.78. The normalized spacial score (nSPS) is 15.4. The molecule has 1 aliphatic heterocycles. The fourth-order valence-corrected chi connectivity index (χ4v) is 1.94. The molecule has 3 heteroatoms. The van der Waals surface area contributed by atoms with Gasteiger partial charge in [-0.25, -0.2) is 0 Å². The zero-order valence-electron chi connectivity index (χ0n) is 10.7. The molecule has 94 valence electrons. The molecule has 0 unspecified atom stereocenters. The van der Waals surface area contributed by atoms with Crippen molar-refractivity contribution in [2.45, 2.75) is 19.8 Å². The van der Waals surface area contributed by atoms with Crippen molar-refractivity contribution in [2.75, 3.05) is 26.8 Å². The molecule has 17 heavy (non-hydrogen) atoms. The third-order valence-corrected chi connectivity index (χ3v) is 3.29. The van der Waals surface area contributed by atoms with Gasteiger partial charge in [-0.3, -0.25) is 0 Å². The van der Waals surface area contributed by atoms with Gasteiger partial charge in [0.15, 0.2) is 11.5 Å². The zero-order chi connectivity index (χ0) is 12.1. The third kappa shape index (κ3) is 3.13. The van der Waals surface area contributed by atoms with Gasteiger partial charge >= 0.3 is 0 Å². The number of hydrogen-bond acceptors (Lipinski definition) is 3. The highest BCUT2D eigenvalue weighted by atomic mass is 16.5. The van der Waals surface area contributed by atoms with Crippen molar-refractivity contribution in [1.29, 1.82) is 0 Å². The van der Waals surface area contributed by atoms with Gasteiger partial charge in [0.1, 0.15) is 0 Å². The van der Waals surface area contributed by atoms with Crippen LogP contribution in [0.1, 0.15) is 18.9 Å². The van der Waals surface area contributed by atoms with Gasteiger partial charge < -0.3 is 14.8 Å². The summed E-state index contributed by atoms with van der Waals surface area (Å²) in [6.07, 6.45) is 2.13. The van der Waals surface area contributed by atoms with Crippen molar-refractivity contribution in [3.05, 3.63) is 23.8 Å². The van der Waals surface area contributed by atoms with Crippen molar-refractivity contribution in [1.82, 2.24) is 5.32 Å². The Kier molecular flexibility index (Phi) is 4.26. The molecule has 1 N–H and O–H groups in total. The Hall–Kier alpha value is -1.22. The highest BCUT2D eigenvalue weighted by Crippen LogP contribution is 2.28. The molecular weight excluding hydrogens is 214 g/mol. The molecule has 0 aliphatic carbocycles. The first-order valence-electron chi connectivity index (χ1n) is 6.34. The van der Waals surface area contributed by atoms with Gasteiger partial charge in [-0.1, -0.05) is 13.0 Å². The lowest BCUT2D eigenvalue weighted by Crippen LogP contribution is -2.42. The fourth-order valence-electron chi connectivity index (χ4n) is 1.94. The van der Waals surface area contributed by atoms with E-state index in [4.69, 9.17) is 9.47 Å². The maximum Gasteiger partial charge on any atom is 0.161 e. The zero-order valence-corrected chi connectivity index (χ0v) is 10.7. The van der Waals surface area contributed by atoms with E-state index in [0.29, 0.717) is 0 Å². The Balaban J connectivity index is 1.89. The summed E-state index contributed by atoms with van der Waals surface area (Å²) >= 11 is 0. The minimum Gasteiger partial charge on any atom is -0.493 e. The highest BCUT2D eigenvalue weighted by Gasteiger charge is 2.16. The van der Waals surface area contributed by atoms with Crippen molar-refractivity contribution in [2.24, 2.45) is 5.92 Å². The molecule has 0 atom stereocenters. The van der Waals surface area contributed by atoms with E-state index >= 15 is 0 Å². The summed E-state index contributed by atoms with van der Waals surface area (Å²) in [4.78, 5) is 0. The van der Waals surface area contributed by atoms with Crippen LogP contribution in [0.15, 0.2) is 18.2 Å². The van der Waals surface area contributed by atoms with E-state index < -0.39 is 0 Å². The molecule has 1 aliphatic rings. The van der Waals surface area contributed by atoms with E-state index in [2.05, 4.69) is 24.4 Å². The van der Waals surface area contributed by atoms with Gasteiger partial charge in [-0.05, 0) is 49.5 Å². The van der Waals surface area contributed by atoms with Crippen LogP contribution >= 0.6 is 0 Å². The molecule has 0 saturated carbocycles. The third-order valence-electron chi connectivity index (χ3n) is 3.29. The molecule has 0 spiro atoms. The largest absolute Gasteiger partial charge is 0.493 e. The number of aryl methyl sites for hydroxylation is 1. The smallest absolute Gasteiger partial charge is 0.161 e. The molecule has 0 bridgehead atoms. The van der Waals surface area contributed by atoms with Crippen LogP contribution in [0.4, 0.5) is 0 Å². The van der Waals surface area contributed by atoms with E-state index in [1.807, 2.05) is 6.07 Å². The Morgan fingerprint density at radius 3 is 2.71 bits per heavy atom. The van der Waals surface area contributed by atoms with E-state index in [0.717, 1.165) is 50.0 Å². The molecule has 1 aromatic carbocycles. The summed E-state index contributed by atoms with van der Waals surface area (Å²) < 4.78 is 11.1. The average molecular weight is 235 g/mol. The predicted molar refractivity (Wildman–Crippen MR) is 68.8 cm³/mol. The van der Waals surface area contributed by atoms with Crippen LogP contribution in [0.25, 0.3) is 0 Å². The lowest BCUT2D eigenvalue weighted by Gasteiger charge is -2.26. The lowest BCUT2D eigenvalue weighted by molar-refractivity contribution is 0.231. The molecule has 1 saturated heterocycles. The van der Waals surface area contributed by atoms with Gasteiger partial charge in [-0.2, -0.15) is 0 Å². The van der Waals surface area contributed by atoms with Crippen molar-refractivity contribution < 1.29 is 9.47 Å². The molecule has 1 heterocycles. The van der Waals surface area contributed by atoms with Gasteiger partial charge in [0, 0.05) is 0 Å². The lowest BCUT2D eigenvalue weighted by atomic mass is 10.0. The van der Waals surface area contributed by atoms with Crippen LogP contribution in [-0.4, -0.2) is 26.8 Å². The molecule has 0 radical (unpaired) electrons. The number of ether oxygens (including phenoxy) is 2. The maximum atomic E-state index is 5.78. The summed E-state index contributed by atoms with van der Waals surface area (Å²) in [5.74, 6) is 2.49. The highest BCUT2D eigenvalue weighted by molar-refractivity contribution is 5.42. The molecule has 2 rings (SSSR count). The number of nitrogens with one attached hydrogen (secondary N) is 1. The molecule has 1 fully saturated rings. The molecule has 3 nitrogen and oxygen atoms in total. The minimum absolute atomic E-state index is 0.772. The number of benzene rings is 1. The van der Waals surface area contributed by atoms with Crippen LogP contribution in [-0.2, 0) is 6.42 Å². The topological polar surface area (TPSA) is 30.5 Å². The minimum atomic E-state index is 0.772. The summed E-state index contributed by atoms with van der Waals surface area (Å²) in [5.41, 5.74) is 1.28. The van der Waals surface area contributed by atoms with Crippen molar-refractivity contribution in [3.8, 4) is 11.5 Å². The summed E-state index contributed by atoms with van der Waals surface area (Å²) in [6.45, 7) is 5.18. The molecule has 0 amide bonds. The summed E-state index contributed by atoms with van der Waals surface area (Å²) in [7, 11) is 1.69. The molecule has 1 aromatic rings. The predicted octanol–water partition coefficient (Wildman–Crippen LogP) is 2.25. The standard InChI is InChI=1S/C14H21NO2/c1-3-11-4-5-13(14(8-11)16-2)17-7-6-12-9-15-10-12/h4-5,8,12,15H,3,6-7,9-10H2,1-2H3. The SMILES string of the molecule is CCc1ccc(OCCC2CNC2)c(OC)c1. The second-order valence-corrected chi connectivity index (χ2v) is 4.50. The van der Waals surface area contributed by atoms with Crippen LogP contribution in [0.3, 0.4) is 0 Å². The Morgan fingerprint density at radius 1 is 1.29 bits per heavy atom. The first-order chi connectivity index (χ1) is 8.33. The summed E-state index contributed by atoms with van der Waals surface area (Å²) in [6, 6.07) is 6.17. The average Bonchev–Trinajstić information content (AvgIpc) is 2.32. The van der Waals surface area contributed by atoms with E-state index in [9.17, 15) is 0 Å². The van der Waals surface area contributed by atoms with Gasteiger partial charge in [-0.15, -0.1) is 0 Å². The van der Waals surface area contributed by atoms with Crippen molar-refractivity contribution >= 4 is 0 Å². The Bertz CT molecular complexity index is 361.